The topological polar surface area (TPSA) is 138 Å². The number of H-pyrrole nitrogens is 1. The fourth-order valence-corrected chi connectivity index (χ4v) is 6.43. The van der Waals surface area contributed by atoms with Gasteiger partial charge in [-0.2, -0.15) is 0 Å². The van der Waals surface area contributed by atoms with Crippen LogP contribution in [-0.4, -0.2) is 76.6 Å². The van der Waals surface area contributed by atoms with Crippen molar-refractivity contribution in [2.75, 3.05) is 12.3 Å². The number of anilines is 1. The number of nitrogens with zero attached hydrogens (tertiary/aromatic N) is 5. The number of pyridine rings is 1. The van der Waals surface area contributed by atoms with E-state index in [1.165, 1.54) is 5.56 Å². The SMILES string of the molecule is CC(C)N(CC1O[C@@H](n2cnc3c(N)ccnc32)[C@H](O)[C@@H]1O)C1CC(CCc2nc3cc(C(C)(C)C)ccc3[nH]2)C1. The molecule has 4 atom stereocenters. The molecule has 1 saturated heterocycles. The Bertz CT molecular complexity index is 1520. The first-order valence-corrected chi connectivity index (χ1v) is 14.8. The molecule has 1 aliphatic carbocycles. The van der Waals surface area contributed by atoms with Crippen molar-refractivity contribution in [2.24, 2.45) is 5.92 Å². The molecule has 0 spiro atoms. The maximum Gasteiger partial charge on any atom is 0.165 e. The summed E-state index contributed by atoms with van der Waals surface area (Å²) in [5.41, 5.74) is 11.2. The number of nitrogens with one attached hydrogen (secondary N) is 1. The minimum absolute atomic E-state index is 0.106. The minimum atomic E-state index is -1.09. The number of imidazole rings is 2. The van der Waals surface area contributed by atoms with Crippen LogP contribution in [0.1, 0.15) is 71.5 Å². The predicted molar refractivity (Wildman–Crippen MR) is 159 cm³/mol. The second kappa shape index (κ2) is 10.7. The monoisotopic (exact) mass is 561 g/mol. The molecule has 3 aromatic heterocycles. The van der Waals surface area contributed by atoms with Gasteiger partial charge in [0.1, 0.15) is 29.7 Å². The number of rotatable bonds is 8. The van der Waals surface area contributed by atoms with Crippen LogP contribution >= 0.6 is 0 Å². The Morgan fingerprint density at radius 3 is 2.66 bits per heavy atom. The van der Waals surface area contributed by atoms with E-state index in [1.807, 2.05) is 0 Å². The van der Waals surface area contributed by atoms with Gasteiger partial charge >= 0.3 is 0 Å². The summed E-state index contributed by atoms with van der Waals surface area (Å²) in [6, 6.07) is 8.95. The van der Waals surface area contributed by atoms with Crippen molar-refractivity contribution in [1.82, 2.24) is 29.4 Å². The molecule has 1 aliphatic heterocycles. The summed E-state index contributed by atoms with van der Waals surface area (Å²) in [6.45, 7) is 11.6. The van der Waals surface area contributed by atoms with Crippen molar-refractivity contribution in [3.8, 4) is 0 Å². The van der Waals surface area contributed by atoms with Gasteiger partial charge in [0.2, 0.25) is 0 Å². The highest BCUT2D eigenvalue weighted by atomic mass is 16.6. The third-order valence-corrected chi connectivity index (χ3v) is 9.02. The molecule has 10 nitrogen and oxygen atoms in total. The lowest BCUT2D eigenvalue weighted by molar-refractivity contribution is -0.0620. The van der Waals surface area contributed by atoms with Gasteiger partial charge < -0.3 is 25.7 Å². The number of aromatic amines is 1. The normalized spacial score (nSPS) is 27.0. The fourth-order valence-electron chi connectivity index (χ4n) is 6.43. The largest absolute Gasteiger partial charge is 0.397 e. The quantitative estimate of drug-likeness (QED) is 0.254. The molecular weight excluding hydrogens is 518 g/mol. The Morgan fingerprint density at radius 2 is 1.93 bits per heavy atom. The third-order valence-electron chi connectivity index (χ3n) is 9.02. The van der Waals surface area contributed by atoms with Crippen LogP contribution in [-0.2, 0) is 16.6 Å². The van der Waals surface area contributed by atoms with Crippen LogP contribution in [0.15, 0.2) is 36.8 Å². The van der Waals surface area contributed by atoms with Crippen molar-refractivity contribution in [2.45, 2.75) is 102 Å². The predicted octanol–water partition coefficient (Wildman–Crippen LogP) is 3.93. The summed E-state index contributed by atoms with van der Waals surface area (Å²) in [4.78, 5) is 19.5. The molecule has 1 unspecified atom stereocenters. The average Bonchev–Trinajstić information content (AvgIpc) is 3.58. The maximum absolute atomic E-state index is 10.9. The zero-order chi connectivity index (χ0) is 29.1. The summed E-state index contributed by atoms with van der Waals surface area (Å²) in [6.07, 6.45) is 4.02. The van der Waals surface area contributed by atoms with Crippen LogP contribution in [0.5, 0.6) is 0 Å². The maximum atomic E-state index is 10.9. The number of aromatic nitrogens is 5. The molecule has 1 aromatic carbocycles. The summed E-state index contributed by atoms with van der Waals surface area (Å²) in [7, 11) is 0. The van der Waals surface area contributed by atoms with Crippen LogP contribution in [0.4, 0.5) is 5.69 Å². The molecule has 2 fully saturated rings. The van der Waals surface area contributed by atoms with Crippen LogP contribution in [0.3, 0.4) is 0 Å². The second-order valence-electron chi connectivity index (χ2n) is 13.3. The Kier molecular flexibility index (Phi) is 7.30. The van der Waals surface area contributed by atoms with Gasteiger partial charge in [0.05, 0.1) is 23.0 Å². The van der Waals surface area contributed by atoms with E-state index in [4.69, 9.17) is 15.5 Å². The van der Waals surface area contributed by atoms with E-state index in [9.17, 15) is 10.2 Å². The standard InChI is InChI=1S/C31H43N7O3/c1-17(2)37(15-24-27(39)28(40)30(41-24)38-16-34-26-21(32)10-11-33-29(26)38)20-12-18(13-20)6-9-25-35-22-8-7-19(31(3,4)5)14-23(22)36-25/h7-8,10-11,14,16-18,20,24,27-28,30,39-40H,6,9,12-13,15H2,1-5H3,(H2,32,33)(H,35,36)/t18?,20?,24?,27-,28-,30-/m1/s1. The fraction of sp³-hybridized carbons (Fsp3) is 0.581. The van der Waals surface area contributed by atoms with Crippen molar-refractivity contribution in [3.05, 3.63) is 48.2 Å². The molecule has 2 aliphatic rings. The van der Waals surface area contributed by atoms with Crippen molar-refractivity contribution >= 4 is 27.9 Å². The molecular formula is C31H43N7O3. The van der Waals surface area contributed by atoms with E-state index >= 15 is 0 Å². The number of hydrogen-bond donors (Lipinski definition) is 4. The van der Waals surface area contributed by atoms with E-state index in [0.29, 0.717) is 35.4 Å². The van der Waals surface area contributed by atoms with Gasteiger partial charge in [-0.05, 0) is 68.2 Å². The van der Waals surface area contributed by atoms with E-state index in [2.05, 4.69) is 72.7 Å². The molecule has 0 radical (unpaired) electrons. The highest BCUT2D eigenvalue weighted by Crippen LogP contribution is 2.38. The number of ether oxygens (including phenoxy) is 1. The Labute approximate surface area is 240 Å². The lowest BCUT2D eigenvalue weighted by atomic mass is 9.76. The number of hydrogen-bond acceptors (Lipinski definition) is 8. The van der Waals surface area contributed by atoms with Gasteiger partial charge in [0.25, 0.3) is 0 Å². The number of fused-ring (bicyclic) bond motifs is 2. The van der Waals surface area contributed by atoms with Crippen molar-refractivity contribution in [3.63, 3.8) is 0 Å². The lowest BCUT2D eigenvalue weighted by Crippen LogP contribution is -2.52. The van der Waals surface area contributed by atoms with E-state index in [-0.39, 0.29) is 11.5 Å². The van der Waals surface area contributed by atoms with Crippen molar-refractivity contribution < 1.29 is 14.9 Å². The number of aliphatic hydroxyl groups excluding tert-OH is 2. The molecule has 4 heterocycles. The van der Waals surface area contributed by atoms with Crippen LogP contribution in [0, 0.1) is 5.92 Å². The Balaban J connectivity index is 1.06. The molecule has 10 heteroatoms. The molecule has 0 bridgehead atoms. The van der Waals surface area contributed by atoms with E-state index in [1.54, 1.807) is 23.2 Å². The van der Waals surface area contributed by atoms with Crippen molar-refractivity contribution in [1.29, 1.82) is 0 Å². The van der Waals surface area contributed by atoms with Gasteiger partial charge in [-0.25, -0.2) is 15.0 Å². The second-order valence-corrected chi connectivity index (χ2v) is 13.3. The Hall–Kier alpha value is -3.05. The first kappa shape index (κ1) is 28.1. The summed E-state index contributed by atoms with van der Waals surface area (Å²) in [5, 5.41) is 21.9. The van der Waals surface area contributed by atoms with Crippen LogP contribution in [0.2, 0.25) is 0 Å². The zero-order valence-electron chi connectivity index (χ0n) is 24.7. The summed E-state index contributed by atoms with van der Waals surface area (Å²) >= 11 is 0. The minimum Gasteiger partial charge on any atom is -0.397 e. The molecule has 6 rings (SSSR count). The number of nitrogen functional groups attached to an aromatic ring is 1. The number of benzene rings is 1. The number of aliphatic hydroxyl groups is 2. The highest BCUT2D eigenvalue weighted by Gasteiger charge is 2.46. The first-order valence-electron chi connectivity index (χ1n) is 14.8. The van der Waals surface area contributed by atoms with Gasteiger partial charge in [-0.3, -0.25) is 9.47 Å². The van der Waals surface area contributed by atoms with E-state index in [0.717, 1.165) is 42.5 Å². The summed E-state index contributed by atoms with van der Waals surface area (Å²) in [5.74, 6) is 1.70. The highest BCUT2D eigenvalue weighted by molar-refractivity contribution is 5.83. The smallest absolute Gasteiger partial charge is 0.165 e. The van der Waals surface area contributed by atoms with Gasteiger partial charge in [0.15, 0.2) is 11.9 Å². The van der Waals surface area contributed by atoms with E-state index < -0.39 is 24.5 Å². The lowest BCUT2D eigenvalue weighted by Gasteiger charge is -2.46. The molecule has 5 N–H and O–H groups in total. The zero-order valence-corrected chi connectivity index (χ0v) is 24.7. The van der Waals surface area contributed by atoms with Gasteiger partial charge in [-0.1, -0.05) is 26.8 Å². The van der Waals surface area contributed by atoms with Gasteiger partial charge in [-0.15, -0.1) is 0 Å². The Morgan fingerprint density at radius 1 is 1.15 bits per heavy atom. The molecule has 0 amide bonds. The number of nitrogens with two attached hydrogens (primary N) is 1. The molecule has 41 heavy (non-hydrogen) atoms. The third kappa shape index (κ3) is 5.34. The first-order chi connectivity index (χ1) is 19.5. The van der Waals surface area contributed by atoms with Gasteiger partial charge in [0, 0.05) is 31.2 Å². The molecule has 1 saturated carbocycles. The average molecular weight is 562 g/mol. The number of aryl methyl sites for hydroxylation is 1. The van der Waals surface area contributed by atoms with Crippen LogP contribution < -0.4 is 5.73 Å². The summed E-state index contributed by atoms with van der Waals surface area (Å²) < 4.78 is 7.92. The molecule has 220 valence electrons. The molecule has 4 aromatic rings. The van der Waals surface area contributed by atoms with Crippen LogP contribution in [0.25, 0.3) is 22.2 Å².